The summed E-state index contributed by atoms with van der Waals surface area (Å²) in [5, 5.41) is 12.8. The molecule has 1 aromatic carbocycles. The van der Waals surface area contributed by atoms with E-state index in [-0.39, 0.29) is 16.4 Å². The van der Waals surface area contributed by atoms with Crippen LogP contribution < -0.4 is 21.1 Å². The van der Waals surface area contributed by atoms with E-state index in [0.29, 0.717) is 22.7 Å². The molecule has 0 aliphatic carbocycles. The van der Waals surface area contributed by atoms with Gasteiger partial charge in [-0.1, -0.05) is 24.2 Å². The molecular weight excluding hydrogens is 366 g/mol. The normalized spacial score (nSPS) is 12.4. The van der Waals surface area contributed by atoms with Crippen molar-refractivity contribution in [3.8, 4) is 5.75 Å². The molecule has 27 heavy (non-hydrogen) atoms. The van der Waals surface area contributed by atoms with Crippen molar-refractivity contribution in [2.45, 2.75) is 6.92 Å². The van der Waals surface area contributed by atoms with Crippen LogP contribution in [0.25, 0.3) is 5.70 Å². The molecule has 0 fully saturated rings. The number of nitrogens with zero attached hydrogens (tertiary/aromatic N) is 1. The maximum atomic E-state index is 11.9. The molecule has 0 radical (unpaired) electrons. The van der Waals surface area contributed by atoms with E-state index < -0.39 is 5.91 Å². The Labute approximate surface area is 164 Å². The highest BCUT2D eigenvalue weighted by atomic mass is 35.5. The summed E-state index contributed by atoms with van der Waals surface area (Å²) in [6.07, 6.45) is 2.95. The van der Waals surface area contributed by atoms with Crippen LogP contribution in [0.1, 0.15) is 12.5 Å². The molecular formula is C19H24ClN5O2. The van der Waals surface area contributed by atoms with Crippen molar-refractivity contribution < 1.29 is 9.53 Å². The van der Waals surface area contributed by atoms with E-state index >= 15 is 0 Å². The zero-order valence-electron chi connectivity index (χ0n) is 15.8. The third kappa shape index (κ3) is 5.72. The topological polar surface area (TPSA) is 113 Å². The number of methoxy groups -OCH3 is 1. The molecule has 1 amide bonds. The highest BCUT2D eigenvalue weighted by molar-refractivity contribution is 6.67. The summed E-state index contributed by atoms with van der Waals surface area (Å²) in [5.41, 5.74) is 9.10. The van der Waals surface area contributed by atoms with Crippen LogP contribution in [0.2, 0.25) is 0 Å². The third-order valence-electron chi connectivity index (χ3n) is 3.62. The third-order valence-corrected chi connectivity index (χ3v) is 3.73. The predicted molar refractivity (Wildman–Crippen MR) is 113 cm³/mol. The fraction of sp³-hybridized carbons (Fsp3) is 0.211. The fourth-order valence-electron chi connectivity index (χ4n) is 2.29. The molecule has 0 unspecified atom stereocenters. The van der Waals surface area contributed by atoms with Gasteiger partial charge in [0.15, 0.2) is 5.75 Å². The first-order valence-electron chi connectivity index (χ1n) is 7.96. The first-order chi connectivity index (χ1) is 12.8. The molecule has 7 nitrogen and oxygen atoms in total. The van der Waals surface area contributed by atoms with Gasteiger partial charge in [-0.15, -0.1) is 0 Å². The van der Waals surface area contributed by atoms with E-state index in [1.807, 2.05) is 13.0 Å². The molecule has 0 aliphatic heterocycles. The van der Waals surface area contributed by atoms with Crippen LogP contribution in [0.3, 0.4) is 0 Å². The Morgan fingerprint density at radius 1 is 1.44 bits per heavy atom. The van der Waals surface area contributed by atoms with Gasteiger partial charge in [0.05, 0.1) is 24.1 Å². The number of likely N-dealkylation sites (N-methyl/N-ethyl adjacent to an activating group) is 1. The van der Waals surface area contributed by atoms with Gasteiger partial charge in [0.25, 0.3) is 5.91 Å². The van der Waals surface area contributed by atoms with Crippen molar-refractivity contribution in [2.24, 2.45) is 10.7 Å². The summed E-state index contributed by atoms with van der Waals surface area (Å²) in [6.45, 7) is 5.59. The van der Waals surface area contributed by atoms with Crippen LogP contribution in [-0.4, -0.2) is 38.5 Å². The summed E-state index contributed by atoms with van der Waals surface area (Å²) in [4.78, 5) is 15.9. The molecule has 0 spiro atoms. The van der Waals surface area contributed by atoms with Gasteiger partial charge in [-0.25, -0.2) is 0 Å². The van der Waals surface area contributed by atoms with E-state index in [1.165, 1.54) is 20.2 Å². The van der Waals surface area contributed by atoms with Crippen molar-refractivity contribution in [2.75, 3.05) is 26.5 Å². The summed E-state index contributed by atoms with van der Waals surface area (Å²) >= 11 is 5.68. The number of hydrogen-bond acceptors (Lipinski definition) is 6. The van der Waals surface area contributed by atoms with Crippen LogP contribution in [-0.2, 0) is 4.79 Å². The number of nitrogens with one attached hydrogen (secondary N) is 3. The lowest BCUT2D eigenvalue weighted by Gasteiger charge is -2.18. The molecule has 1 rings (SSSR count). The number of ether oxygens (including phenoxy) is 1. The van der Waals surface area contributed by atoms with Gasteiger partial charge in [0, 0.05) is 31.6 Å². The Kier molecular flexibility index (Phi) is 8.29. The van der Waals surface area contributed by atoms with Gasteiger partial charge in [-0.05, 0) is 30.7 Å². The summed E-state index contributed by atoms with van der Waals surface area (Å²) < 4.78 is 5.53. The number of allylic oxidation sites excluding steroid dienone is 2. The molecule has 0 atom stereocenters. The predicted octanol–water partition coefficient (Wildman–Crippen LogP) is 2.90. The largest absolute Gasteiger partial charge is 0.494 e. The van der Waals surface area contributed by atoms with Crippen molar-refractivity contribution >= 4 is 40.3 Å². The Morgan fingerprint density at radius 3 is 2.63 bits per heavy atom. The molecule has 8 heteroatoms. The number of benzene rings is 1. The standard InChI is InChI=1S/C19H24ClN5O2/c1-11(10-23-3)17(22)13-7-6-8-14(18(13)27-5)25-15(9-16(20)21)12(2)19(26)24-4/h6-10,21,25H,2,22H2,1,3-5H3,(H,24,26)/b15-9+,17-11?,21-16?,23-10?. The first kappa shape index (κ1) is 22.0. The summed E-state index contributed by atoms with van der Waals surface area (Å²) in [6, 6.07) is 5.35. The molecule has 0 aromatic heterocycles. The van der Waals surface area contributed by atoms with Crippen molar-refractivity contribution in [3.63, 3.8) is 0 Å². The smallest absolute Gasteiger partial charge is 0.252 e. The molecule has 5 N–H and O–H groups in total. The van der Waals surface area contributed by atoms with Gasteiger partial charge in [-0.2, -0.15) is 0 Å². The number of para-hydroxylation sites is 1. The zero-order valence-corrected chi connectivity index (χ0v) is 16.6. The average molecular weight is 390 g/mol. The number of carbonyl (C=O) groups is 1. The quantitative estimate of drug-likeness (QED) is 0.311. The number of nitrogens with two attached hydrogens (primary N) is 1. The van der Waals surface area contributed by atoms with Gasteiger partial charge < -0.3 is 21.1 Å². The zero-order chi connectivity index (χ0) is 20.6. The van der Waals surface area contributed by atoms with E-state index in [4.69, 9.17) is 27.5 Å². The minimum Gasteiger partial charge on any atom is -0.494 e. The van der Waals surface area contributed by atoms with Crippen molar-refractivity contribution in [3.05, 3.63) is 53.3 Å². The number of anilines is 1. The molecule has 0 heterocycles. The van der Waals surface area contributed by atoms with E-state index in [2.05, 4.69) is 22.2 Å². The first-order valence-corrected chi connectivity index (χ1v) is 8.34. The Morgan fingerprint density at radius 2 is 2.11 bits per heavy atom. The molecule has 0 aliphatic rings. The number of carbonyl (C=O) groups excluding carboxylic acids is 1. The summed E-state index contributed by atoms with van der Waals surface area (Å²) in [7, 11) is 4.66. The molecule has 0 saturated carbocycles. The Balaban J connectivity index is 3.47. The van der Waals surface area contributed by atoms with Gasteiger partial charge >= 0.3 is 0 Å². The number of halogens is 1. The Bertz CT molecular complexity index is 841. The maximum Gasteiger partial charge on any atom is 0.252 e. The highest BCUT2D eigenvalue weighted by Crippen LogP contribution is 2.34. The monoisotopic (exact) mass is 389 g/mol. The van der Waals surface area contributed by atoms with Crippen LogP contribution in [0.15, 0.2) is 52.7 Å². The average Bonchev–Trinajstić information content (AvgIpc) is 2.65. The maximum absolute atomic E-state index is 11.9. The van der Waals surface area contributed by atoms with Gasteiger partial charge in [0.1, 0.15) is 5.17 Å². The number of rotatable bonds is 8. The van der Waals surface area contributed by atoms with Gasteiger partial charge in [-0.3, -0.25) is 15.2 Å². The lowest BCUT2D eigenvalue weighted by molar-refractivity contribution is -0.116. The van der Waals surface area contributed by atoms with Crippen molar-refractivity contribution in [1.29, 1.82) is 5.41 Å². The molecule has 144 valence electrons. The van der Waals surface area contributed by atoms with E-state index in [9.17, 15) is 4.79 Å². The number of amides is 1. The SMILES string of the molecule is C=C(C(=O)NC)/C(=C\C(=N)Cl)Nc1cccc(C(N)=C(C)C=NC)c1OC. The molecule has 0 saturated heterocycles. The van der Waals surface area contributed by atoms with E-state index in [1.54, 1.807) is 25.4 Å². The Hall–Kier alpha value is -3.06. The second-order valence-corrected chi connectivity index (χ2v) is 5.87. The van der Waals surface area contributed by atoms with Gasteiger partial charge in [0.2, 0.25) is 0 Å². The lowest BCUT2D eigenvalue weighted by atomic mass is 10.1. The van der Waals surface area contributed by atoms with Crippen LogP contribution in [0, 0.1) is 5.41 Å². The van der Waals surface area contributed by atoms with Crippen LogP contribution in [0.4, 0.5) is 5.69 Å². The molecule has 1 aromatic rings. The fourth-order valence-corrected chi connectivity index (χ4v) is 2.40. The molecule has 0 bridgehead atoms. The van der Waals surface area contributed by atoms with Crippen LogP contribution >= 0.6 is 11.6 Å². The second kappa shape index (κ2) is 10.2. The lowest BCUT2D eigenvalue weighted by Crippen LogP contribution is -2.23. The van der Waals surface area contributed by atoms with Crippen LogP contribution in [0.5, 0.6) is 5.75 Å². The van der Waals surface area contributed by atoms with Crippen molar-refractivity contribution in [1.82, 2.24) is 5.32 Å². The highest BCUT2D eigenvalue weighted by Gasteiger charge is 2.17. The second-order valence-electron chi connectivity index (χ2n) is 5.46. The minimum atomic E-state index is -0.406. The summed E-state index contributed by atoms with van der Waals surface area (Å²) in [5.74, 6) is 0.0618. The van der Waals surface area contributed by atoms with E-state index in [0.717, 1.165) is 5.57 Å². The minimum absolute atomic E-state index is 0.119. The number of aliphatic imine (C=N–C) groups is 1. The number of hydrogen-bond donors (Lipinski definition) is 4.